The third-order valence-electron chi connectivity index (χ3n) is 2.74. The van der Waals surface area contributed by atoms with Crippen LogP contribution in [0, 0.1) is 0 Å². The van der Waals surface area contributed by atoms with Crippen LogP contribution in [-0.4, -0.2) is 18.9 Å². The van der Waals surface area contributed by atoms with E-state index < -0.39 is 5.97 Å². The number of aldehydes is 1. The van der Waals surface area contributed by atoms with Crippen LogP contribution in [0.3, 0.4) is 0 Å². The van der Waals surface area contributed by atoms with E-state index in [9.17, 15) is 9.59 Å². The quantitative estimate of drug-likeness (QED) is 0.460. The van der Waals surface area contributed by atoms with E-state index >= 15 is 0 Å². The molecule has 0 radical (unpaired) electrons. The summed E-state index contributed by atoms with van der Waals surface area (Å²) < 4.78 is 10.7. The highest BCUT2D eigenvalue weighted by Crippen LogP contribution is 2.36. The molecule has 0 amide bonds. The maximum atomic E-state index is 12.1. The van der Waals surface area contributed by atoms with Crippen LogP contribution >= 0.6 is 23.2 Å². The summed E-state index contributed by atoms with van der Waals surface area (Å²) in [6, 6.07) is 9.11. The van der Waals surface area contributed by atoms with E-state index in [1.54, 1.807) is 31.2 Å². The molecule has 0 aliphatic rings. The van der Waals surface area contributed by atoms with Crippen molar-refractivity contribution in [2.45, 2.75) is 6.92 Å². The first kappa shape index (κ1) is 16.3. The van der Waals surface area contributed by atoms with Gasteiger partial charge in [-0.05, 0) is 43.3 Å². The number of halogens is 2. The molecule has 114 valence electrons. The number of hydrogen-bond donors (Lipinski definition) is 0. The van der Waals surface area contributed by atoms with Gasteiger partial charge in [-0.3, -0.25) is 4.79 Å². The van der Waals surface area contributed by atoms with Gasteiger partial charge < -0.3 is 9.47 Å². The summed E-state index contributed by atoms with van der Waals surface area (Å²) in [7, 11) is 0. The minimum Gasteiger partial charge on any atom is -0.490 e. The summed E-state index contributed by atoms with van der Waals surface area (Å²) in [4.78, 5) is 23.0. The van der Waals surface area contributed by atoms with Crippen molar-refractivity contribution in [1.82, 2.24) is 0 Å². The number of ether oxygens (including phenoxy) is 2. The number of esters is 1. The summed E-state index contributed by atoms with van der Waals surface area (Å²) in [6.07, 6.45) is 0.638. The molecule has 2 aromatic rings. The second kappa shape index (κ2) is 7.29. The van der Waals surface area contributed by atoms with Crippen molar-refractivity contribution in [3.8, 4) is 11.5 Å². The maximum absolute atomic E-state index is 12.1. The second-order valence-electron chi connectivity index (χ2n) is 4.28. The van der Waals surface area contributed by atoms with Gasteiger partial charge in [0, 0.05) is 10.6 Å². The van der Waals surface area contributed by atoms with Crippen molar-refractivity contribution in [1.29, 1.82) is 0 Å². The molecule has 6 heteroatoms. The summed E-state index contributed by atoms with van der Waals surface area (Å²) >= 11 is 11.8. The van der Waals surface area contributed by atoms with Crippen LogP contribution in [0.25, 0.3) is 0 Å². The van der Waals surface area contributed by atoms with E-state index in [0.717, 1.165) is 0 Å². The minimum atomic E-state index is -0.599. The Balaban J connectivity index is 2.33. The summed E-state index contributed by atoms with van der Waals surface area (Å²) in [5.41, 5.74) is 0.655. The van der Waals surface area contributed by atoms with Gasteiger partial charge in [0.25, 0.3) is 0 Å². The van der Waals surface area contributed by atoms with Crippen molar-refractivity contribution in [2.75, 3.05) is 6.61 Å². The van der Waals surface area contributed by atoms with Crippen molar-refractivity contribution < 1.29 is 19.1 Å². The van der Waals surface area contributed by atoms with Gasteiger partial charge in [-0.15, -0.1) is 0 Å². The zero-order chi connectivity index (χ0) is 16.1. The standard InChI is InChI=1S/C16H12Cl2O4/c1-2-21-14-8-10(9-19)7-13(18)15(14)22-16(20)11-3-5-12(17)6-4-11/h3-9H,2H2,1H3. The molecule has 0 N–H and O–H groups in total. The summed E-state index contributed by atoms with van der Waals surface area (Å²) in [5, 5.41) is 0.635. The predicted octanol–water partition coefficient (Wildman–Crippen LogP) is 4.42. The molecular formula is C16H12Cl2O4. The van der Waals surface area contributed by atoms with E-state index in [1.165, 1.54) is 12.1 Å². The Morgan fingerprint density at radius 2 is 1.86 bits per heavy atom. The Hall–Kier alpha value is -2.04. The van der Waals surface area contributed by atoms with Crippen LogP contribution in [0.15, 0.2) is 36.4 Å². The average Bonchev–Trinajstić information content (AvgIpc) is 2.51. The molecule has 0 unspecified atom stereocenters. The number of hydrogen-bond acceptors (Lipinski definition) is 4. The molecule has 0 spiro atoms. The lowest BCUT2D eigenvalue weighted by Gasteiger charge is -2.13. The van der Waals surface area contributed by atoms with Gasteiger partial charge in [0.2, 0.25) is 0 Å². The van der Waals surface area contributed by atoms with E-state index in [-0.39, 0.29) is 16.5 Å². The second-order valence-corrected chi connectivity index (χ2v) is 5.12. The Kier molecular flexibility index (Phi) is 5.41. The molecule has 2 aromatic carbocycles. The van der Waals surface area contributed by atoms with Gasteiger partial charge >= 0.3 is 5.97 Å². The molecule has 0 aromatic heterocycles. The SMILES string of the molecule is CCOc1cc(C=O)cc(Cl)c1OC(=O)c1ccc(Cl)cc1. The van der Waals surface area contributed by atoms with Crippen molar-refractivity contribution in [3.63, 3.8) is 0 Å². The molecular weight excluding hydrogens is 327 g/mol. The van der Waals surface area contributed by atoms with Gasteiger partial charge in [0.05, 0.1) is 17.2 Å². The predicted molar refractivity (Wildman–Crippen MR) is 84.4 cm³/mol. The fourth-order valence-corrected chi connectivity index (χ4v) is 2.14. The van der Waals surface area contributed by atoms with Gasteiger partial charge in [-0.2, -0.15) is 0 Å². The molecule has 0 heterocycles. The van der Waals surface area contributed by atoms with Crippen LogP contribution in [0.2, 0.25) is 10.0 Å². The first-order valence-corrected chi connectivity index (χ1v) is 7.20. The first-order valence-electron chi connectivity index (χ1n) is 6.44. The molecule has 0 bridgehead atoms. The smallest absolute Gasteiger partial charge is 0.343 e. The number of carbonyl (C=O) groups is 2. The minimum absolute atomic E-state index is 0.0778. The molecule has 0 saturated heterocycles. The van der Waals surface area contributed by atoms with Gasteiger partial charge in [0.15, 0.2) is 11.5 Å². The summed E-state index contributed by atoms with van der Waals surface area (Å²) in [6.45, 7) is 2.11. The number of carbonyl (C=O) groups excluding carboxylic acids is 2. The maximum Gasteiger partial charge on any atom is 0.343 e. The van der Waals surface area contributed by atoms with E-state index in [4.69, 9.17) is 32.7 Å². The highest BCUT2D eigenvalue weighted by molar-refractivity contribution is 6.32. The third kappa shape index (κ3) is 3.78. The average molecular weight is 339 g/mol. The fourth-order valence-electron chi connectivity index (χ4n) is 1.76. The van der Waals surface area contributed by atoms with Crippen molar-refractivity contribution >= 4 is 35.5 Å². The van der Waals surface area contributed by atoms with Crippen LogP contribution < -0.4 is 9.47 Å². The molecule has 4 nitrogen and oxygen atoms in total. The van der Waals surface area contributed by atoms with Crippen LogP contribution in [0.1, 0.15) is 27.6 Å². The third-order valence-corrected chi connectivity index (χ3v) is 3.28. The molecule has 0 fully saturated rings. The molecule has 0 saturated carbocycles. The zero-order valence-corrected chi connectivity index (χ0v) is 13.1. The van der Waals surface area contributed by atoms with Crippen LogP contribution in [0.4, 0.5) is 0 Å². The van der Waals surface area contributed by atoms with Crippen molar-refractivity contribution in [2.24, 2.45) is 0 Å². The van der Waals surface area contributed by atoms with Gasteiger partial charge in [0.1, 0.15) is 6.29 Å². The number of benzene rings is 2. The molecule has 0 atom stereocenters. The van der Waals surface area contributed by atoms with E-state index in [2.05, 4.69) is 0 Å². The molecule has 2 rings (SSSR count). The Morgan fingerprint density at radius 3 is 2.45 bits per heavy atom. The van der Waals surface area contributed by atoms with Crippen LogP contribution in [0.5, 0.6) is 11.5 Å². The highest BCUT2D eigenvalue weighted by Gasteiger charge is 2.17. The Morgan fingerprint density at radius 1 is 1.18 bits per heavy atom. The van der Waals surface area contributed by atoms with Crippen molar-refractivity contribution in [3.05, 3.63) is 57.6 Å². The largest absolute Gasteiger partial charge is 0.490 e. The molecule has 22 heavy (non-hydrogen) atoms. The zero-order valence-electron chi connectivity index (χ0n) is 11.6. The lowest BCUT2D eigenvalue weighted by molar-refractivity contribution is 0.0728. The van der Waals surface area contributed by atoms with E-state index in [0.29, 0.717) is 29.0 Å². The molecule has 0 aliphatic heterocycles. The molecule has 0 aliphatic carbocycles. The lowest BCUT2D eigenvalue weighted by Crippen LogP contribution is -2.10. The first-order chi connectivity index (χ1) is 10.5. The normalized spacial score (nSPS) is 10.1. The lowest BCUT2D eigenvalue weighted by atomic mass is 10.2. The monoisotopic (exact) mass is 338 g/mol. The highest BCUT2D eigenvalue weighted by atomic mass is 35.5. The van der Waals surface area contributed by atoms with E-state index in [1.807, 2.05) is 0 Å². The summed E-state index contributed by atoms with van der Waals surface area (Å²) in [5.74, 6) is -0.285. The Bertz CT molecular complexity index is 696. The topological polar surface area (TPSA) is 52.6 Å². The van der Waals surface area contributed by atoms with Gasteiger partial charge in [-0.1, -0.05) is 23.2 Å². The van der Waals surface area contributed by atoms with Crippen LogP contribution in [-0.2, 0) is 0 Å². The fraction of sp³-hybridized carbons (Fsp3) is 0.125. The Labute approximate surface area is 137 Å². The number of rotatable bonds is 5. The van der Waals surface area contributed by atoms with Gasteiger partial charge in [-0.25, -0.2) is 4.79 Å².